The van der Waals surface area contributed by atoms with Gasteiger partial charge in [-0.05, 0) is 29.8 Å². The molecule has 154 valence electrons. The van der Waals surface area contributed by atoms with E-state index in [-0.39, 0.29) is 0 Å². The summed E-state index contributed by atoms with van der Waals surface area (Å²) in [4.78, 5) is 4.47. The van der Waals surface area contributed by atoms with Crippen LogP contribution in [0.15, 0.2) is 108 Å². The number of aromatic nitrogens is 3. The molecule has 6 rings (SSSR count). The van der Waals surface area contributed by atoms with Crippen molar-refractivity contribution in [3.63, 3.8) is 0 Å². The molecule has 0 aliphatic rings. The topological polar surface area (TPSA) is 55.9 Å². The van der Waals surface area contributed by atoms with E-state index in [1.54, 1.807) is 6.20 Å². The normalized spacial score (nSPS) is 11.2. The third kappa shape index (κ3) is 3.50. The Morgan fingerprint density at radius 3 is 2.47 bits per heavy atom. The number of benzene rings is 3. The molecular formula is C27H20N4O. The van der Waals surface area contributed by atoms with E-state index >= 15 is 0 Å². The first kappa shape index (κ1) is 18.4. The van der Waals surface area contributed by atoms with Crippen LogP contribution in [0, 0.1) is 0 Å². The van der Waals surface area contributed by atoms with Crippen molar-refractivity contribution in [2.45, 2.75) is 6.54 Å². The molecule has 6 aromatic rings. The van der Waals surface area contributed by atoms with Gasteiger partial charge in [0.1, 0.15) is 11.3 Å². The SMILES string of the molecule is c1ccc(Cn2cc3ccc(Nc4ccnc5cc(-c6ccccc6)oc45)cc3n2)cc1. The highest BCUT2D eigenvalue weighted by Crippen LogP contribution is 2.32. The van der Waals surface area contributed by atoms with Gasteiger partial charge >= 0.3 is 0 Å². The van der Waals surface area contributed by atoms with Gasteiger partial charge in [-0.25, -0.2) is 0 Å². The average molecular weight is 416 g/mol. The van der Waals surface area contributed by atoms with Gasteiger partial charge in [0, 0.05) is 35.1 Å². The molecule has 3 aromatic heterocycles. The zero-order chi connectivity index (χ0) is 21.3. The van der Waals surface area contributed by atoms with Crippen molar-refractivity contribution >= 4 is 33.4 Å². The van der Waals surface area contributed by atoms with Crippen LogP contribution in [-0.4, -0.2) is 14.8 Å². The number of pyridine rings is 1. The maximum absolute atomic E-state index is 6.17. The fourth-order valence-electron chi connectivity index (χ4n) is 3.93. The maximum Gasteiger partial charge on any atom is 0.176 e. The molecule has 0 amide bonds. The highest BCUT2D eigenvalue weighted by Gasteiger charge is 2.12. The summed E-state index contributed by atoms with van der Waals surface area (Å²) in [5, 5.41) is 9.34. The number of furan rings is 1. The number of anilines is 2. The lowest BCUT2D eigenvalue weighted by atomic mass is 10.2. The van der Waals surface area contributed by atoms with Crippen LogP contribution in [0.2, 0.25) is 0 Å². The molecule has 0 aliphatic heterocycles. The number of nitrogens with zero attached hydrogens (tertiary/aromatic N) is 3. The first-order valence-corrected chi connectivity index (χ1v) is 10.5. The van der Waals surface area contributed by atoms with Gasteiger partial charge in [-0.15, -0.1) is 0 Å². The van der Waals surface area contributed by atoms with Crippen LogP contribution in [0.3, 0.4) is 0 Å². The summed E-state index contributed by atoms with van der Waals surface area (Å²) in [6, 6.07) is 30.5. The van der Waals surface area contributed by atoms with Crippen molar-refractivity contribution in [1.29, 1.82) is 0 Å². The van der Waals surface area contributed by atoms with Crippen molar-refractivity contribution in [2.24, 2.45) is 0 Å². The van der Waals surface area contributed by atoms with Gasteiger partial charge in [-0.1, -0.05) is 60.7 Å². The van der Waals surface area contributed by atoms with Gasteiger partial charge < -0.3 is 9.73 Å². The Balaban J connectivity index is 1.31. The van der Waals surface area contributed by atoms with Crippen LogP contribution in [0.4, 0.5) is 11.4 Å². The molecule has 0 radical (unpaired) electrons. The zero-order valence-corrected chi connectivity index (χ0v) is 17.3. The smallest absolute Gasteiger partial charge is 0.176 e. The number of nitrogens with one attached hydrogen (secondary N) is 1. The minimum atomic E-state index is 0.737. The molecule has 1 N–H and O–H groups in total. The van der Waals surface area contributed by atoms with Crippen LogP contribution in [0.25, 0.3) is 33.3 Å². The van der Waals surface area contributed by atoms with Crippen molar-refractivity contribution in [2.75, 3.05) is 5.32 Å². The number of hydrogen-bond donors (Lipinski definition) is 1. The first-order chi connectivity index (χ1) is 15.8. The number of fused-ring (bicyclic) bond motifs is 2. The van der Waals surface area contributed by atoms with Crippen molar-refractivity contribution in [3.8, 4) is 11.3 Å². The molecule has 0 bridgehead atoms. The molecule has 3 heterocycles. The first-order valence-electron chi connectivity index (χ1n) is 10.5. The van der Waals surface area contributed by atoms with Gasteiger partial charge in [-0.3, -0.25) is 9.67 Å². The van der Waals surface area contributed by atoms with Crippen molar-refractivity contribution in [3.05, 3.63) is 109 Å². The Morgan fingerprint density at radius 1 is 0.812 bits per heavy atom. The molecule has 3 aromatic carbocycles. The predicted molar refractivity (Wildman–Crippen MR) is 128 cm³/mol. The number of hydrogen-bond acceptors (Lipinski definition) is 4. The summed E-state index contributed by atoms with van der Waals surface area (Å²) in [5.41, 5.74) is 6.59. The fourth-order valence-corrected chi connectivity index (χ4v) is 3.93. The third-order valence-corrected chi connectivity index (χ3v) is 5.49. The van der Waals surface area contributed by atoms with E-state index in [1.165, 1.54) is 5.56 Å². The van der Waals surface area contributed by atoms with Crippen LogP contribution in [-0.2, 0) is 6.54 Å². The Bertz CT molecular complexity index is 1520. The molecule has 0 saturated carbocycles. The lowest BCUT2D eigenvalue weighted by Gasteiger charge is -2.06. The Labute approximate surface area is 185 Å². The lowest BCUT2D eigenvalue weighted by Crippen LogP contribution is -1.99. The van der Waals surface area contributed by atoms with Gasteiger partial charge in [-0.2, -0.15) is 5.10 Å². The Hall–Kier alpha value is -4.38. The lowest BCUT2D eigenvalue weighted by molar-refractivity contribution is 0.632. The summed E-state index contributed by atoms with van der Waals surface area (Å²) in [6.07, 6.45) is 3.87. The van der Waals surface area contributed by atoms with Gasteiger partial charge in [0.05, 0.1) is 17.7 Å². The van der Waals surface area contributed by atoms with Crippen molar-refractivity contribution < 1.29 is 4.42 Å². The predicted octanol–water partition coefficient (Wildman–Crippen LogP) is 6.64. The molecule has 0 aliphatic carbocycles. The van der Waals surface area contributed by atoms with E-state index in [0.717, 1.165) is 51.2 Å². The molecule has 5 nitrogen and oxygen atoms in total. The summed E-state index contributed by atoms with van der Waals surface area (Å²) in [7, 11) is 0. The minimum Gasteiger partial charge on any atom is -0.452 e. The highest BCUT2D eigenvalue weighted by molar-refractivity contribution is 5.92. The maximum atomic E-state index is 6.17. The molecule has 5 heteroatoms. The van der Waals surface area contributed by atoms with Crippen LogP contribution in [0.1, 0.15) is 5.56 Å². The average Bonchev–Trinajstić information content (AvgIpc) is 3.44. The quantitative estimate of drug-likeness (QED) is 0.342. The second kappa shape index (κ2) is 7.71. The third-order valence-electron chi connectivity index (χ3n) is 5.49. The van der Waals surface area contributed by atoms with Crippen molar-refractivity contribution in [1.82, 2.24) is 14.8 Å². The monoisotopic (exact) mass is 416 g/mol. The van der Waals surface area contributed by atoms with E-state index in [4.69, 9.17) is 9.52 Å². The molecule has 0 atom stereocenters. The number of rotatable bonds is 5. The molecule has 0 fully saturated rings. The molecule has 32 heavy (non-hydrogen) atoms. The fraction of sp³-hybridized carbons (Fsp3) is 0.0370. The molecule has 0 unspecified atom stereocenters. The van der Waals surface area contributed by atoms with E-state index in [0.29, 0.717) is 0 Å². The van der Waals surface area contributed by atoms with E-state index in [2.05, 4.69) is 46.8 Å². The minimum absolute atomic E-state index is 0.737. The second-order valence-corrected chi connectivity index (χ2v) is 7.76. The largest absolute Gasteiger partial charge is 0.452 e. The van der Waals surface area contributed by atoms with Crippen LogP contribution < -0.4 is 5.32 Å². The van der Waals surface area contributed by atoms with Gasteiger partial charge in [0.25, 0.3) is 0 Å². The van der Waals surface area contributed by atoms with E-state index in [1.807, 2.05) is 65.3 Å². The second-order valence-electron chi connectivity index (χ2n) is 7.76. The summed E-state index contributed by atoms with van der Waals surface area (Å²) >= 11 is 0. The Morgan fingerprint density at radius 2 is 1.62 bits per heavy atom. The zero-order valence-electron chi connectivity index (χ0n) is 17.3. The molecule has 0 saturated heterocycles. The van der Waals surface area contributed by atoms with Crippen LogP contribution in [0.5, 0.6) is 0 Å². The van der Waals surface area contributed by atoms with E-state index < -0.39 is 0 Å². The van der Waals surface area contributed by atoms with Gasteiger partial charge in [0.15, 0.2) is 5.58 Å². The van der Waals surface area contributed by atoms with Gasteiger partial charge in [0.2, 0.25) is 0 Å². The molecular weight excluding hydrogens is 396 g/mol. The van der Waals surface area contributed by atoms with E-state index in [9.17, 15) is 0 Å². The summed E-state index contributed by atoms with van der Waals surface area (Å²) in [6.45, 7) is 0.748. The summed E-state index contributed by atoms with van der Waals surface area (Å²) < 4.78 is 8.15. The molecule has 0 spiro atoms. The standard InChI is InChI=1S/C27H20N4O/c1-3-7-19(8-4-1)17-31-18-21-11-12-22(15-24(21)30-31)29-23-13-14-28-25-16-26(32-27(23)25)20-9-5-2-6-10-20/h1-16,18H,17H2,(H,28,29). The Kier molecular flexibility index (Phi) is 4.43. The highest BCUT2D eigenvalue weighted by atomic mass is 16.3. The summed E-state index contributed by atoms with van der Waals surface area (Å²) in [5.74, 6) is 0.803. The van der Waals surface area contributed by atoms with Crippen LogP contribution >= 0.6 is 0 Å².